The number of aromatic hydroxyl groups is 1. The van der Waals surface area contributed by atoms with Crippen LogP contribution in [0.5, 0.6) is 5.75 Å². The van der Waals surface area contributed by atoms with Crippen molar-refractivity contribution in [2.45, 2.75) is 20.3 Å². The molecule has 4 nitrogen and oxygen atoms in total. The Kier molecular flexibility index (Phi) is 7.47. The van der Waals surface area contributed by atoms with E-state index in [9.17, 15) is 5.11 Å². The van der Waals surface area contributed by atoms with Gasteiger partial charge < -0.3 is 15.3 Å². The summed E-state index contributed by atoms with van der Waals surface area (Å²) >= 11 is 0. The lowest BCUT2D eigenvalue weighted by atomic mass is 10.1. The fraction of sp³-hybridized carbons (Fsp3) is 0.438. The summed E-state index contributed by atoms with van der Waals surface area (Å²) in [7, 11) is 0. The first-order valence-electron chi connectivity index (χ1n) is 7.28. The summed E-state index contributed by atoms with van der Waals surface area (Å²) in [5, 5.41) is 14.1. The summed E-state index contributed by atoms with van der Waals surface area (Å²) in [6.07, 6.45) is 2.85. The molecule has 1 heterocycles. The van der Waals surface area contributed by atoms with Crippen LogP contribution >= 0.6 is 17.0 Å². The molecule has 0 radical (unpaired) electrons. The lowest BCUT2D eigenvalue weighted by molar-refractivity contribution is 0.303. The van der Waals surface area contributed by atoms with Gasteiger partial charge >= 0.3 is 0 Å². The predicted molar refractivity (Wildman–Crippen MR) is 94.6 cm³/mol. The van der Waals surface area contributed by atoms with Gasteiger partial charge in [-0.3, -0.25) is 4.98 Å². The first kappa shape index (κ1) is 17.7. The molecular formula is C16H24BrN3O. The summed E-state index contributed by atoms with van der Waals surface area (Å²) in [5.74, 6) is 0.275. The van der Waals surface area contributed by atoms with Gasteiger partial charge in [-0.1, -0.05) is 19.9 Å². The van der Waals surface area contributed by atoms with Crippen molar-refractivity contribution in [3.05, 3.63) is 30.5 Å². The van der Waals surface area contributed by atoms with Crippen molar-refractivity contribution in [1.29, 1.82) is 0 Å². The van der Waals surface area contributed by atoms with Crippen molar-refractivity contribution in [3.8, 4) is 5.75 Å². The average Bonchev–Trinajstić information content (AvgIpc) is 2.47. The number of anilines is 1. The molecule has 2 aromatic rings. The van der Waals surface area contributed by atoms with Crippen LogP contribution in [-0.4, -0.2) is 41.2 Å². The van der Waals surface area contributed by atoms with E-state index in [0.29, 0.717) is 0 Å². The molecule has 5 heteroatoms. The number of pyridine rings is 1. The zero-order valence-corrected chi connectivity index (χ0v) is 14.4. The summed E-state index contributed by atoms with van der Waals surface area (Å²) in [4.78, 5) is 6.79. The van der Waals surface area contributed by atoms with E-state index in [1.54, 1.807) is 18.3 Å². The highest BCUT2D eigenvalue weighted by atomic mass is 79.9. The first-order chi connectivity index (χ1) is 9.74. The Morgan fingerprint density at radius 3 is 2.71 bits per heavy atom. The second kappa shape index (κ2) is 8.85. The lowest BCUT2D eigenvalue weighted by Crippen LogP contribution is -2.25. The van der Waals surface area contributed by atoms with Crippen molar-refractivity contribution >= 4 is 33.6 Å². The normalized spacial score (nSPS) is 10.6. The molecule has 0 spiro atoms. The zero-order chi connectivity index (χ0) is 14.4. The molecular weight excluding hydrogens is 330 g/mol. The molecule has 0 fully saturated rings. The van der Waals surface area contributed by atoms with E-state index < -0.39 is 0 Å². The summed E-state index contributed by atoms with van der Waals surface area (Å²) in [6.45, 7) is 8.52. The molecule has 2 rings (SSSR count). The molecule has 0 saturated carbocycles. The second-order valence-corrected chi connectivity index (χ2v) is 4.88. The van der Waals surface area contributed by atoms with Crippen LogP contribution in [-0.2, 0) is 0 Å². The minimum Gasteiger partial charge on any atom is -0.508 e. The number of nitrogens with zero attached hydrogens (tertiary/aromatic N) is 2. The number of halogens is 1. The van der Waals surface area contributed by atoms with Gasteiger partial charge in [0.05, 0.1) is 11.2 Å². The summed E-state index contributed by atoms with van der Waals surface area (Å²) in [5.41, 5.74) is 1.81. The molecule has 0 atom stereocenters. The predicted octanol–water partition coefficient (Wildman–Crippen LogP) is 3.66. The molecule has 0 saturated heterocycles. The molecule has 21 heavy (non-hydrogen) atoms. The number of hydrogen-bond donors (Lipinski definition) is 2. The maximum atomic E-state index is 9.76. The topological polar surface area (TPSA) is 48.4 Å². The van der Waals surface area contributed by atoms with Crippen LogP contribution in [0.1, 0.15) is 20.3 Å². The van der Waals surface area contributed by atoms with Gasteiger partial charge in [0, 0.05) is 24.2 Å². The van der Waals surface area contributed by atoms with Crippen molar-refractivity contribution in [3.63, 3.8) is 0 Å². The number of nitrogens with one attached hydrogen (secondary N) is 1. The third-order valence-electron chi connectivity index (χ3n) is 3.55. The minimum atomic E-state index is 0. The Labute approximate surface area is 137 Å². The zero-order valence-electron chi connectivity index (χ0n) is 12.7. The number of fused-ring (bicyclic) bond motifs is 1. The molecule has 0 bridgehead atoms. The van der Waals surface area contributed by atoms with Crippen LogP contribution in [0, 0.1) is 0 Å². The average molecular weight is 354 g/mol. The highest BCUT2D eigenvalue weighted by molar-refractivity contribution is 8.93. The number of benzene rings is 1. The van der Waals surface area contributed by atoms with Gasteiger partial charge in [0.25, 0.3) is 0 Å². The number of phenols is 1. The third-order valence-corrected chi connectivity index (χ3v) is 3.55. The van der Waals surface area contributed by atoms with Gasteiger partial charge in [-0.2, -0.15) is 0 Å². The van der Waals surface area contributed by atoms with Gasteiger partial charge in [-0.15, -0.1) is 17.0 Å². The smallest absolute Gasteiger partial charge is 0.118 e. The van der Waals surface area contributed by atoms with Crippen molar-refractivity contribution in [2.75, 3.05) is 31.5 Å². The molecule has 0 aliphatic rings. The van der Waals surface area contributed by atoms with E-state index in [1.165, 1.54) is 0 Å². The second-order valence-electron chi connectivity index (χ2n) is 4.88. The third kappa shape index (κ3) is 4.86. The SMILES string of the molecule is Br.CCN(CC)CCCNc1cc(O)cc2cccnc12. The fourth-order valence-electron chi connectivity index (χ4n) is 2.38. The molecule has 2 N–H and O–H groups in total. The molecule has 0 unspecified atom stereocenters. The van der Waals surface area contributed by atoms with Gasteiger partial charge in [-0.25, -0.2) is 0 Å². The molecule has 0 aliphatic carbocycles. The minimum absolute atomic E-state index is 0. The van der Waals surface area contributed by atoms with Crippen LogP contribution < -0.4 is 5.32 Å². The van der Waals surface area contributed by atoms with Crippen LogP contribution in [0.4, 0.5) is 5.69 Å². The number of phenolic OH excluding ortho intramolecular Hbond substituents is 1. The molecule has 116 valence electrons. The molecule has 1 aromatic heterocycles. The summed E-state index contributed by atoms with van der Waals surface area (Å²) < 4.78 is 0. The van der Waals surface area contributed by atoms with Crippen LogP contribution in [0.2, 0.25) is 0 Å². The Morgan fingerprint density at radius 2 is 2.00 bits per heavy atom. The van der Waals surface area contributed by atoms with E-state index in [4.69, 9.17) is 0 Å². The number of hydrogen-bond acceptors (Lipinski definition) is 4. The van der Waals surface area contributed by atoms with Crippen molar-refractivity contribution in [1.82, 2.24) is 9.88 Å². The quantitative estimate of drug-likeness (QED) is 0.745. The fourth-order valence-corrected chi connectivity index (χ4v) is 2.38. The van der Waals surface area contributed by atoms with Gasteiger partial charge in [0.2, 0.25) is 0 Å². The van der Waals surface area contributed by atoms with Crippen LogP contribution in [0.25, 0.3) is 10.9 Å². The molecule has 0 aliphatic heterocycles. The van der Waals surface area contributed by atoms with E-state index in [2.05, 4.69) is 29.0 Å². The first-order valence-corrected chi connectivity index (χ1v) is 7.28. The Bertz CT molecular complexity index is 558. The van der Waals surface area contributed by atoms with E-state index >= 15 is 0 Å². The molecule has 1 aromatic carbocycles. The molecule has 0 amide bonds. The van der Waals surface area contributed by atoms with Gasteiger partial charge in [-0.05, 0) is 38.2 Å². The highest BCUT2D eigenvalue weighted by Crippen LogP contribution is 2.26. The Hall–Kier alpha value is -1.33. The maximum absolute atomic E-state index is 9.76. The Morgan fingerprint density at radius 1 is 1.24 bits per heavy atom. The Balaban J connectivity index is 0.00000220. The monoisotopic (exact) mass is 353 g/mol. The van der Waals surface area contributed by atoms with Crippen molar-refractivity contribution in [2.24, 2.45) is 0 Å². The standard InChI is InChI=1S/C16H23N3O.BrH/c1-3-19(4-2)10-6-9-17-15-12-14(20)11-13-7-5-8-18-16(13)15;/h5,7-8,11-12,17,20H,3-4,6,9-10H2,1-2H3;1H. The largest absolute Gasteiger partial charge is 0.508 e. The van der Waals surface area contributed by atoms with E-state index in [1.807, 2.05) is 12.1 Å². The van der Waals surface area contributed by atoms with Crippen molar-refractivity contribution < 1.29 is 5.11 Å². The maximum Gasteiger partial charge on any atom is 0.118 e. The lowest BCUT2D eigenvalue weighted by Gasteiger charge is -2.18. The van der Waals surface area contributed by atoms with Gasteiger partial charge in [0.1, 0.15) is 5.75 Å². The van der Waals surface area contributed by atoms with Crippen LogP contribution in [0.3, 0.4) is 0 Å². The summed E-state index contributed by atoms with van der Waals surface area (Å²) in [6, 6.07) is 7.32. The highest BCUT2D eigenvalue weighted by Gasteiger charge is 2.04. The van der Waals surface area contributed by atoms with Crippen LogP contribution in [0.15, 0.2) is 30.5 Å². The number of aromatic nitrogens is 1. The van der Waals surface area contributed by atoms with E-state index in [0.717, 1.165) is 49.2 Å². The van der Waals surface area contributed by atoms with Gasteiger partial charge in [0.15, 0.2) is 0 Å². The van der Waals surface area contributed by atoms with E-state index in [-0.39, 0.29) is 22.7 Å². The number of rotatable bonds is 7.